The van der Waals surface area contributed by atoms with Crippen LogP contribution in [-0.2, 0) is 16.1 Å². The highest BCUT2D eigenvalue weighted by Crippen LogP contribution is 2.16. The minimum absolute atomic E-state index is 0.205. The molecule has 3 heterocycles. The Morgan fingerprint density at radius 1 is 1.26 bits per heavy atom. The molecule has 3 aromatic rings. The number of nitrogens with zero attached hydrogens (tertiary/aromatic N) is 2. The minimum atomic E-state index is -0.229. The highest BCUT2D eigenvalue weighted by molar-refractivity contribution is 6.03. The van der Waals surface area contributed by atoms with E-state index in [1.807, 2.05) is 53.1 Å². The quantitative estimate of drug-likeness (QED) is 0.724. The van der Waals surface area contributed by atoms with E-state index in [4.69, 9.17) is 9.47 Å². The zero-order valence-corrected chi connectivity index (χ0v) is 15.1. The standard InChI is InChI=1S/C21H23N3O3/c25-21(19-13-24-10-3-1-9-20(24)23-19)22-17-7-5-6-16(12-17)14-26-15-18-8-2-4-11-27-18/h1,3,5-7,9-10,12-13,18H,2,4,8,11,14-15H2,(H,22,25)/t18-/m0/s1. The van der Waals surface area contributed by atoms with E-state index in [0.29, 0.717) is 18.9 Å². The van der Waals surface area contributed by atoms with Crippen molar-refractivity contribution in [1.29, 1.82) is 0 Å². The van der Waals surface area contributed by atoms with E-state index in [1.54, 1.807) is 6.20 Å². The summed E-state index contributed by atoms with van der Waals surface area (Å²) in [6, 6.07) is 13.4. The molecule has 1 saturated heterocycles. The molecule has 2 aromatic heterocycles. The van der Waals surface area contributed by atoms with E-state index < -0.39 is 0 Å². The van der Waals surface area contributed by atoms with Crippen LogP contribution < -0.4 is 5.32 Å². The first-order chi connectivity index (χ1) is 13.3. The Bertz CT molecular complexity index is 883. The number of carbonyl (C=O) groups is 1. The van der Waals surface area contributed by atoms with Crippen molar-refractivity contribution in [3.63, 3.8) is 0 Å². The molecular formula is C21H23N3O3. The summed E-state index contributed by atoms with van der Waals surface area (Å²) < 4.78 is 13.3. The SMILES string of the molecule is O=C(Nc1cccc(COC[C@@H]2CCCCO2)c1)c1cn2ccccc2n1. The van der Waals surface area contributed by atoms with Crippen LogP contribution in [0.1, 0.15) is 35.3 Å². The highest BCUT2D eigenvalue weighted by atomic mass is 16.5. The van der Waals surface area contributed by atoms with Crippen LogP contribution in [0.15, 0.2) is 54.9 Å². The molecule has 1 aromatic carbocycles. The maximum atomic E-state index is 12.5. The molecule has 4 rings (SSSR count). The zero-order chi connectivity index (χ0) is 18.5. The average molecular weight is 365 g/mol. The lowest BCUT2D eigenvalue weighted by Gasteiger charge is -2.22. The Hall–Kier alpha value is -2.70. The Balaban J connectivity index is 1.34. The third-order valence-electron chi connectivity index (χ3n) is 4.63. The predicted molar refractivity (Wildman–Crippen MR) is 103 cm³/mol. The second kappa shape index (κ2) is 8.33. The summed E-state index contributed by atoms with van der Waals surface area (Å²) >= 11 is 0. The molecule has 6 nitrogen and oxygen atoms in total. The topological polar surface area (TPSA) is 64.9 Å². The van der Waals surface area contributed by atoms with E-state index in [9.17, 15) is 4.79 Å². The van der Waals surface area contributed by atoms with Crippen molar-refractivity contribution in [2.45, 2.75) is 32.0 Å². The van der Waals surface area contributed by atoms with Gasteiger partial charge in [0.15, 0.2) is 0 Å². The number of rotatable bonds is 6. The number of fused-ring (bicyclic) bond motifs is 1. The molecule has 0 saturated carbocycles. The third-order valence-corrected chi connectivity index (χ3v) is 4.63. The van der Waals surface area contributed by atoms with E-state index >= 15 is 0 Å². The Kier molecular flexibility index (Phi) is 5.46. The van der Waals surface area contributed by atoms with Crippen LogP contribution in [-0.4, -0.2) is 34.6 Å². The fraction of sp³-hybridized carbons (Fsp3) is 0.333. The van der Waals surface area contributed by atoms with Crippen molar-refractivity contribution < 1.29 is 14.3 Å². The van der Waals surface area contributed by atoms with Gasteiger partial charge in [-0.25, -0.2) is 4.98 Å². The van der Waals surface area contributed by atoms with Gasteiger partial charge in [-0.15, -0.1) is 0 Å². The number of hydrogen-bond acceptors (Lipinski definition) is 4. The minimum Gasteiger partial charge on any atom is -0.376 e. The van der Waals surface area contributed by atoms with Gasteiger partial charge < -0.3 is 19.2 Å². The highest BCUT2D eigenvalue weighted by Gasteiger charge is 2.14. The number of carbonyl (C=O) groups excluding carboxylic acids is 1. The second-order valence-corrected chi connectivity index (χ2v) is 6.75. The molecule has 0 radical (unpaired) electrons. The second-order valence-electron chi connectivity index (χ2n) is 6.75. The van der Waals surface area contributed by atoms with E-state index in [2.05, 4.69) is 10.3 Å². The van der Waals surface area contributed by atoms with Gasteiger partial charge in [-0.3, -0.25) is 4.79 Å². The average Bonchev–Trinajstić information content (AvgIpc) is 3.14. The van der Waals surface area contributed by atoms with Gasteiger partial charge >= 0.3 is 0 Å². The van der Waals surface area contributed by atoms with Crippen molar-refractivity contribution in [3.05, 3.63) is 66.1 Å². The normalized spacial score (nSPS) is 17.1. The van der Waals surface area contributed by atoms with Gasteiger partial charge in [0.1, 0.15) is 11.3 Å². The van der Waals surface area contributed by atoms with E-state index in [0.717, 1.165) is 36.3 Å². The number of ether oxygens (including phenoxy) is 2. The number of benzene rings is 1. The summed E-state index contributed by atoms with van der Waals surface area (Å²) in [6.45, 7) is 1.94. The van der Waals surface area contributed by atoms with Crippen LogP contribution in [0.2, 0.25) is 0 Å². The first-order valence-corrected chi connectivity index (χ1v) is 9.31. The Morgan fingerprint density at radius 2 is 2.22 bits per heavy atom. The predicted octanol–water partition coefficient (Wildman–Crippen LogP) is 3.67. The van der Waals surface area contributed by atoms with Gasteiger partial charge in [0.05, 0.1) is 19.3 Å². The molecule has 1 N–H and O–H groups in total. The molecule has 140 valence electrons. The van der Waals surface area contributed by atoms with Crippen LogP contribution in [0.5, 0.6) is 0 Å². The van der Waals surface area contributed by atoms with Crippen molar-refractivity contribution in [2.24, 2.45) is 0 Å². The first-order valence-electron chi connectivity index (χ1n) is 9.31. The van der Waals surface area contributed by atoms with Gasteiger partial charge in [-0.1, -0.05) is 18.2 Å². The fourth-order valence-corrected chi connectivity index (χ4v) is 3.23. The smallest absolute Gasteiger partial charge is 0.275 e. The summed E-state index contributed by atoms with van der Waals surface area (Å²) in [6.07, 6.45) is 7.21. The van der Waals surface area contributed by atoms with Crippen LogP contribution in [0.25, 0.3) is 5.65 Å². The molecule has 1 aliphatic rings. The maximum absolute atomic E-state index is 12.5. The molecule has 1 aliphatic heterocycles. The molecule has 27 heavy (non-hydrogen) atoms. The largest absolute Gasteiger partial charge is 0.376 e. The van der Waals surface area contributed by atoms with Crippen LogP contribution in [0, 0.1) is 0 Å². The lowest BCUT2D eigenvalue weighted by Crippen LogP contribution is -2.24. The van der Waals surface area contributed by atoms with E-state index in [1.165, 1.54) is 6.42 Å². The van der Waals surface area contributed by atoms with Gasteiger partial charge in [0.2, 0.25) is 0 Å². The Labute approximate surface area is 158 Å². The summed E-state index contributed by atoms with van der Waals surface area (Å²) in [5, 5.41) is 2.90. The summed E-state index contributed by atoms with van der Waals surface area (Å²) in [7, 11) is 0. The molecule has 0 spiro atoms. The summed E-state index contributed by atoms with van der Waals surface area (Å²) in [5.41, 5.74) is 2.87. The number of imidazole rings is 1. The van der Waals surface area contributed by atoms with Gasteiger partial charge in [0.25, 0.3) is 5.91 Å². The number of aromatic nitrogens is 2. The van der Waals surface area contributed by atoms with Crippen molar-refractivity contribution >= 4 is 17.2 Å². The van der Waals surface area contributed by atoms with E-state index in [-0.39, 0.29) is 12.0 Å². The van der Waals surface area contributed by atoms with Crippen LogP contribution in [0.4, 0.5) is 5.69 Å². The molecule has 0 bridgehead atoms. The van der Waals surface area contributed by atoms with Crippen molar-refractivity contribution in [1.82, 2.24) is 9.38 Å². The number of pyridine rings is 1. The van der Waals surface area contributed by atoms with Gasteiger partial charge in [0, 0.05) is 24.7 Å². The number of anilines is 1. The Morgan fingerprint density at radius 3 is 3.07 bits per heavy atom. The third kappa shape index (κ3) is 4.53. The maximum Gasteiger partial charge on any atom is 0.275 e. The van der Waals surface area contributed by atoms with Crippen LogP contribution >= 0.6 is 0 Å². The molecule has 6 heteroatoms. The molecular weight excluding hydrogens is 342 g/mol. The monoisotopic (exact) mass is 365 g/mol. The van der Waals surface area contributed by atoms with Crippen molar-refractivity contribution in [2.75, 3.05) is 18.5 Å². The molecule has 1 fully saturated rings. The summed E-state index contributed by atoms with van der Waals surface area (Å²) in [4.78, 5) is 16.8. The van der Waals surface area contributed by atoms with Gasteiger partial charge in [-0.2, -0.15) is 0 Å². The molecule has 1 atom stereocenters. The van der Waals surface area contributed by atoms with Crippen LogP contribution in [0.3, 0.4) is 0 Å². The number of amides is 1. The zero-order valence-electron chi connectivity index (χ0n) is 15.1. The van der Waals surface area contributed by atoms with Gasteiger partial charge in [-0.05, 0) is 49.1 Å². The molecule has 0 unspecified atom stereocenters. The lowest BCUT2D eigenvalue weighted by molar-refractivity contribution is -0.0447. The fourth-order valence-electron chi connectivity index (χ4n) is 3.23. The molecule has 1 amide bonds. The molecule has 0 aliphatic carbocycles. The lowest BCUT2D eigenvalue weighted by atomic mass is 10.1. The summed E-state index contributed by atoms with van der Waals surface area (Å²) in [5.74, 6) is -0.229. The van der Waals surface area contributed by atoms with Crippen molar-refractivity contribution in [3.8, 4) is 0 Å². The number of nitrogens with one attached hydrogen (secondary N) is 1. The number of hydrogen-bond donors (Lipinski definition) is 1. The first kappa shape index (κ1) is 17.7.